The zero-order valence-electron chi connectivity index (χ0n) is 7.19. The first kappa shape index (κ1) is 9.48. The van der Waals surface area contributed by atoms with Crippen LogP contribution in [0.3, 0.4) is 0 Å². The first-order valence-electron chi connectivity index (χ1n) is 4.20. The summed E-state index contributed by atoms with van der Waals surface area (Å²) in [7, 11) is 0. The Labute approximate surface area is 71.7 Å². The Morgan fingerprint density at radius 3 is 2.75 bits per heavy atom. The third-order valence-electron chi connectivity index (χ3n) is 2.11. The first-order chi connectivity index (χ1) is 5.63. The van der Waals surface area contributed by atoms with Crippen LogP contribution in [-0.2, 0) is 9.53 Å². The molecule has 4 nitrogen and oxygen atoms in total. The van der Waals surface area contributed by atoms with Crippen molar-refractivity contribution in [3.8, 4) is 0 Å². The quantitative estimate of drug-likeness (QED) is 0.572. The molecule has 0 aromatic carbocycles. The van der Waals surface area contributed by atoms with E-state index in [-0.39, 0.29) is 12.7 Å². The van der Waals surface area contributed by atoms with Gasteiger partial charge in [-0.05, 0) is 18.8 Å². The molecule has 1 saturated carbocycles. The summed E-state index contributed by atoms with van der Waals surface area (Å²) in [6, 6.07) is -0.874. The lowest BCUT2D eigenvalue weighted by Crippen LogP contribution is -2.41. The fourth-order valence-electron chi connectivity index (χ4n) is 1.25. The zero-order chi connectivity index (χ0) is 9.14. The van der Waals surface area contributed by atoms with E-state index < -0.39 is 12.0 Å². The van der Waals surface area contributed by atoms with Crippen molar-refractivity contribution in [1.29, 1.82) is 0 Å². The Morgan fingerprint density at radius 1 is 1.75 bits per heavy atom. The minimum Gasteiger partial charge on any atom is -0.461 e. The van der Waals surface area contributed by atoms with Crippen LogP contribution in [0.15, 0.2) is 0 Å². The molecular formula is C8H15NO3. The molecule has 0 radical (unpaired) electrons. The number of nitrogens with two attached hydrogens (primary N) is 1. The van der Waals surface area contributed by atoms with Crippen molar-refractivity contribution in [1.82, 2.24) is 0 Å². The summed E-state index contributed by atoms with van der Waals surface area (Å²) in [5.74, 6) is 0.155. The number of hydrogen-bond acceptors (Lipinski definition) is 4. The maximum absolute atomic E-state index is 11.0. The van der Waals surface area contributed by atoms with Gasteiger partial charge in [-0.2, -0.15) is 0 Å². The lowest BCUT2D eigenvalue weighted by Gasteiger charge is -2.32. The van der Waals surface area contributed by atoms with Gasteiger partial charge in [0, 0.05) is 0 Å². The van der Waals surface area contributed by atoms with Gasteiger partial charge in [0.05, 0.1) is 6.61 Å². The van der Waals surface area contributed by atoms with E-state index in [0.717, 1.165) is 12.8 Å². The second-order valence-corrected chi connectivity index (χ2v) is 3.42. The molecular weight excluding hydrogens is 158 g/mol. The molecule has 1 rings (SSSR count). The molecule has 1 aliphatic carbocycles. The highest BCUT2D eigenvalue weighted by atomic mass is 16.5. The van der Waals surface area contributed by atoms with Gasteiger partial charge in [-0.25, -0.2) is 0 Å². The Balaban J connectivity index is 2.18. The van der Waals surface area contributed by atoms with Crippen molar-refractivity contribution in [3.63, 3.8) is 0 Å². The van der Waals surface area contributed by atoms with Crippen molar-refractivity contribution in [3.05, 3.63) is 0 Å². The average molecular weight is 173 g/mol. The van der Waals surface area contributed by atoms with E-state index in [2.05, 4.69) is 6.92 Å². The Morgan fingerprint density at radius 2 is 2.33 bits per heavy atom. The van der Waals surface area contributed by atoms with Crippen LogP contribution in [-0.4, -0.2) is 29.8 Å². The molecule has 0 bridgehead atoms. The SMILES string of the molecule is CC1CC(OC(=O)C(N)CO)C1. The molecule has 0 spiro atoms. The molecule has 0 aromatic rings. The predicted molar refractivity (Wildman–Crippen MR) is 43.3 cm³/mol. The van der Waals surface area contributed by atoms with Crippen molar-refractivity contribution < 1.29 is 14.6 Å². The van der Waals surface area contributed by atoms with Crippen LogP contribution >= 0.6 is 0 Å². The Kier molecular flexibility index (Phi) is 3.05. The van der Waals surface area contributed by atoms with Crippen LogP contribution in [0.5, 0.6) is 0 Å². The van der Waals surface area contributed by atoms with Crippen LogP contribution in [0.1, 0.15) is 19.8 Å². The van der Waals surface area contributed by atoms with Crippen molar-refractivity contribution in [2.24, 2.45) is 11.7 Å². The van der Waals surface area contributed by atoms with Gasteiger partial charge in [0.25, 0.3) is 0 Å². The van der Waals surface area contributed by atoms with Crippen molar-refractivity contribution >= 4 is 5.97 Å². The van der Waals surface area contributed by atoms with Crippen LogP contribution in [0.25, 0.3) is 0 Å². The Bertz CT molecular complexity index is 166. The average Bonchev–Trinajstić information content (AvgIpc) is 2.00. The van der Waals surface area contributed by atoms with Gasteiger partial charge in [-0.3, -0.25) is 4.79 Å². The van der Waals surface area contributed by atoms with Gasteiger partial charge >= 0.3 is 5.97 Å². The monoisotopic (exact) mass is 173 g/mol. The number of carbonyl (C=O) groups is 1. The van der Waals surface area contributed by atoms with E-state index in [1.54, 1.807) is 0 Å². The highest BCUT2D eigenvalue weighted by Gasteiger charge is 2.29. The minimum atomic E-state index is -0.874. The molecule has 1 atom stereocenters. The third kappa shape index (κ3) is 2.19. The number of rotatable bonds is 3. The second kappa shape index (κ2) is 3.87. The largest absolute Gasteiger partial charge is 0.461 e. The van der Waals surface area contributed by atoms with Crippen molar-refractivity contribution in [2.75, 3.05) is 6.61 Å². The summed E-state index contributed by atoms with van der Waals surface area (Å²) in [5.41, 5.74) is 5.25. The summed E-state index contributed by atoms with van der Waals surface area (Å²) in [6.45, 7) is 1.76. The summed E-state index contributed by atoms with van der Waals surface area (Å²) >= 11 is 0. The van der Waals surface area contributed by atoms with Crippen LogP contribution in [0.4, 0.5) is 0 Å². The lowest BCUT2D eigenvalue weighted by molar-refractivity contribution is -0.157. The number of esters is 1. The smallest absolute Gasteiger partial charge is 0.325 e. The van der Waals surface area contributed by atoms with Gasteiger partial charge in [0.15, 0.2) is 0 Å². The van der Waals surface area contributed by atoms with Gasteiger partial charge in [0.2, 0.25) is 0 Å². The molecule has 0 heterocycles. The van der Waals surface area contributed by atoms with Crippen LogP contribution in [0.2, 0.25) is 0 Å². The number of aliphatic hydroxyl groups excluding tert-OH is 1. The van der Waals surface area contributed by atoms with Crippen LogP contribution in [0, 0.1) is 5.92 Å². The summed E-state index contributed by atoms with van der Waals surface area (Å²) in [6.07, 6.45) is 1.87. The van der Waals surface area contributed by atoms with Gasteiger partial charge < -0.3 is 15.6 Å². The Hall–Kier alpha value is -0.610. The molecule has 0 aromatic heterocycles. The van der Waals surface area contributed by atoms with Gasteiger partial charge in [0.1, 0.15) is 12.1 Å². The first-order valence-corrected chi connectivity index (χ1v) is 4.20. The minimum absolute atomic E-state index is 0.0325. The predicted octanol–water partition coefficient (Wildman–Crippen LogP) is -0.352. The molecule has 1 aliphatic rings. The topological polar surface area (TPSA) is 72.5 Å². The van der Waals surface area contributed by atoms with E-state index in [0.29, 0.717) is 5.92 Å². The number of carbonyl (C=O) groups excluding carboxylic acids is 1. The highest BCUT2D eigenvalue weighted by Crippen LogP contribution is 2.29. The lowest BCUT2D eigenvalue weighted by atomic mass is 9.84. The highest BCUT2D eigenvalue weighted by molar-refractivity contribution is 5.75. The van der Waals surface area contributed by atoms with Gasteiger partial charge in [-0.1, -0.05) is 6.92 Å². The molecule has 1 unspecified atom stereocenters. The summed E-state index contributed by atoms with van der Waals surface area (Å²) in [4.78, 5) is 11.0. The molecule has 4 heteroatoms. The molecule has 70 valence electrons. The van der Waals surface area contributed by atoms with Crippen LogP contribution < -0.4 is 5.73 Å². The maximum atomic E-state index is 11.0. The molecule has 3 N–H and O–H groups in total. The number of hydrogen-bond donors (Lipinski definition) is 2. The fourth-order valence-corrected chi connectivity index (χ4v) is 1.25. The zero-order valence-corrected chi connectivity index (χ0v) is 7.19. The molecule has 0 saturated heterocycles. The normalized spacial score (nSPS) is 30.6. The van der Waals surface area contributed by atoms with E-state index in [4.69, 9.17) is 15.6 Å². The summed E-state index contributed by atoms with van der Waals surface area (Å²) < 4.78 is 4.99. The van der Waals surface area contributed by atoms with E-state index >= 15 is 0 Å². The molecule has 1 fully saturated rings. The number of aliphatic hydroxyl groups is 1. The molecule has 0 aliphatic heterocycles. The molecule has 0 amide bonds. The maximum Gasteiger partial charge on any atom is 0.325 e. The number of ether oxygens (including phenoxy) is 1. The van der Waals surface area contributed by atoms with Gasteiger partial charge in [-0.15, -0.1) is 0 Å². The van der Waals surface area contributed by atoms with E-state index in [9.17, 15) is 4.79 Å². The molecule has 12 heavy (non-hydrogen) atoms. The van der Waals surface area contributed by atoms with E-state index in [1.807, 2.05) is 0 Å². The van der Waals surface area contributed by atoms with Crippen molar-refractivity contribution in [2.45, 2.75) is 31.9 Å². The standard InChI is InChI=1S/C8H15NO3/c1-5-2-6(3-5)12-8(11)7(9)4-10/h5-7,10H,2-4,9H2,1H3. The fraction of sp³-hybridized carbons (Fsp3) is 0.875. The third-order valence-corrected chi connectivity index (χ3v) is 2.11. The second-order valence-electron chi connectivity index (χ2n) is 3.42. The van der Waals surface area contributed by atoms with E-state index in [1.165, 1.54) is 0 Å². The summed E-state index contributed by atoms with van der Waals surface area (Å²) in [5, 5.41) is 8.53.